The Kier molecular flexibility index (Phi) is 8.94. The number of nitrogens with zero attached hydrogens (tertiary/aromatic N) is 1. The molecule has 1 aromatic rings. The van der Waals surface area contributed by atoms with Crippen LogP contribution in [-0.4, -0.2) is 57.5 Å². The third-order valence-corrected chi connectivity index (χ3v) is 5.56. The summed E-state index contributed by atoms with van der Waals surface area (Å²) in [5.74, 6) is 0.577. The van der Waals surface area contributed by atoms with E-state index in [1.54, 1.807) is 37.4 Å². The van der Waals surface area contributed by atoms with E-state index in [0.29, 0.717) is 30.4 Å². The lowest BCUT2D eigenvalue weighted by molar-refractivity contribution is 0.0474. The fraction of sp³-hybridized carbons (Fsp3) is 0.600. The van der Waals surface area contributed by atoms with Crippen LogP contribution in [0.15, 0.2) is 40.2 Å². The summed E-state index contributed by atoms with van der Waals surface area (Å²) in [5.41, 5.74) is -1.14. The van der Waals surface area contributed by atoms with E-state index in [1.165, 1.54) is 0 Å². The number of benzene rings is 1. The van der Waals surface area contributed by atoms with Gasteiger partial charge < -0.3 is 20.7 Å². The zero-order valence-electron chi connectivity index (χ0n) is 18.2. The Labute approximate surface area is 174 Å². The number of alkyl carbamates (subject to hydrolysis) is 1. The first kappa shape index (κ1) is 24.7. The maximum absolute atomic E-state index is 12.3. The predicted octanol–water partition coefficient (Wildman–Crippen LogP) is 2.32. The average Bonchev–Trinajstić information content (AvgIpc) is 2.59. The van der Waals surface area contributed by atoms with E-state index in [4.69, 9.17) is 4.74 Å². The Balaban J connectivity index is 2.42. The van der Waals surface area contributed by atoms with Crippen LogP contribution in [0.25, 0.3) is 0 Å². The smallest absolute Gasteiger partial charge is 0.408 e. The minimum atomic E-state index is -3.29. The van der Waals surface area contributed by atoms with Gasteiger partial charge in [-0.2, -0.15) is 0 Å². The van der Waals surface area contributed by atoms with Gasteiger partial charge in [0.2, 0.25) is 0 Å². The molecular weight excluding hydrogens is 392 g/mol. The molecular formula is C20H34N4O4S. The van der Waals surface area contributed by atoms with Gasteiger partial charge in [0, 0.05) is 20.1 Å². The first-order valence-corrected chi connectivity index (χ1v) is 11.2. The molecule has 9 heteroatoms. The quantitative estimate of drug-likeness (QED) is 0.334. The fourth-order valence-corrected chi connectivity index (χ4v) is 3.70. The van der Waals surface area contributed by atoms with Crippen LogP contribution in [-0.2, 0) is 14.6 Å². The topological polar surface area (TPSA) is 109 Å². The van der Waals surface area contributed by atoms with Crippen molar-refractivity contribution in [3.63, 3.8) is 0 Å². The van der Waals surface area contributed by atoms with Crippen molar-refractivity contribution < 1.29 is 17.9 Å². The molecule has 164 valence electrons. The second-order valence-corrected chi connectivity index (χ2v) is 10.5. The van der Waals surface area contributed by atoms with E-state index in [9.17, 15) is 13.2 Å². The SMILES string of the molecule is CN=C(NCCCS(=O)(=O)c1ccccc1)NCC(C)(C)NC(=O)OC(C)(C)C. The largest absolute Gasteiger partial charge is 0.444 e. The molecule has 0 spiro atoms. The van der Waals surface area contributed by atoms with E-state index >= 15 is 0 Å². The minimum absolute atomic E-state index is 0.0483. The van der Waals surface area contributed by atoms with Crippen LogP contribution >= 0.6 is 0 Å². The summed E-state index contributed by atoms with van der Waals surface area (Å²) in [7, 11) is -1.66. The first-order chi connectivity index (χ1) is 13.3. The van der Waals surface area contributed by atoms with Crippen molar-refractivity contribution in [1.82, 2.24) is 16.0 Å². The number of carbonyl (C=O) groups excluding carboxylic acids is 1. The Morgan fingerprint density at radius 2 is 1.69 bits per heavy atom. The van der Waals surface area contributed by atoms with Crippen LogP contribution < -0.4 is 16.0 Å². The third-order valence-electron chi connectivity index (χ3n) is 3.75. The lowest BCUT2D eigenvalue weighted by Gasteiger charge is -2.29. The molecule has 1 rings (SSSR count). The lowest BCUT2D eigenvalue weighted by Crippen LogP contribution is -2.54. The first-order valence-electron chi connectivity index (χ1n) is 9.58. The number of ether oxygens (including phenoxy) is 1. The number of guanidine groups is 1. The highest BCUT2D eigenvalue weighted by Gasteiger charge is 2.24. The van der Waals surface area contributed by atoms with E-state index < -0.39 is 27.1 Å². The molecule has 1 amide bonds. The van der Waals surface area contributed by atoms with Crippen molar-refractivity contribution >= 4 is 21.9 Å². The maximum atomic E-state index is 12.3. The summed E-state index contributed by atoms with van der Waals surface area (Å²) in [6.45, 7) is 10.0. The van der Waals surface area contributed by atoms with Crippen LogP contribution in [0.5, 0.6) is 0 Å². The van der Waals surface area contributed by atoms with Crippen LogP contribution in [0, 0.1) is 0 Å². The van der Waals surface area contributed by atoms with Gasteiger partial charge in [0.05, 0.1) is 16.2 Å². The van der Waals surface area contributed by atoms with Crippen molar-refractivity contribution in [3.05, 3.63) is 30.3 Å². The Bertz CT molecular complexity index is 784. The highest BCUT2D eigenvalue weighted by atomic mass is 32.2. The molecule has 29 heavy (non-hydrogen) atoms. The van der Waals surface area contributed by atoms with Crippen molar-refractivity contribution in [1.29, 1.82) is 0 Å². The molecule has 0 unspecified atom stereocenters. The molecule has 3 N–H and O–H groups in total. The molecule has 0 aliphatic rings. The van der Waals surface area contributed by atoms with Gasteiger partial charge in [0.15, 0.2) is 15.8 Å². The minimum Gasteiger partial charge on any atom is -0.444 e. The normalized spacial score (nSPS) is 13.0. The van der Waals surface area contributed by atoms with Crippen molar-refractivity contribution in [2.24, 2.45) is 4.99 Å². The van der Waals surface area contributed by atoms with Gasteiger partial charge in [-0.25, -0.2) is 13.2 Å². The molecule has 0 radical (unpaired) electrons. The number of hydrogen-bond donors (Lipinski definition) is 3. The summed E-state index contributed by atoms with van der Waals surface area (Å²) < 4.78 is 29.8. The standard InChI is InChI=1S/C20H34N4O4S/c1-19(2,3)28-18(25)24-20(4,5)15-23-17(21-6)22-13-10-14-29(26,27)16-11-8-7-9-12-16/h7-9,11-12H,10,13-15H2,1-6H3,(H,24,25)(H2,21,22,23). The second-order valence-electron chi connectivity index (χ2n) is 8.35. The summed E-state index contributed by atoms with van der Waals surface area (Å²) >= 11 is 0. The van der Waals surface area contributed by atoms with Gasteiger partial charge in [-0.1, -0.05) is 18.2 Å². The molecule has 0 fully saturated rings. The van der Waals surface area contributed by atoms with E-state index in [0.717, 1.165) is 0 Å². The summed E-state index contributed by atoms with van der Waals surface area (Å²) in [6.07, 6.45) is -0.0457. The monoisotopic (exact) mass is 426 g/mol. The number of rotatable bonds is 8. The van der Waals surface area contributed by atoms with E-state index in [1.807, 2.05) is 34.6 Å². The number of aliphatic imine (C=N–C) groups is 1. The van der Waals surface area contributed by atoms with Gasteiger partial charge in [-0.05, 0) is 53.2 Å². The number of nitrogens with one attached hydrogen (secondary N) is 3. The molecule has 0 bridgehead atoms. The van der Waals surface area contributed by atoms with Gasteiger partial charge >= 0.3 is 6.09 Å². The number of amides is 1. The number of carbonyl (C=O) groups is 1. The molecule has 0 aromatic heterocycles. The summed E-state index contributed by atoms with van der Waals surface area (Å²) in [6, 6.07) is 8.41. The zero-order chi connectivity index (χ0) is 22.1. The molecule has 0 aliphatic heterocycles. The zero-order valence-corrected chi connectivity index (χ0v) is 19.0. The molecule has 0 saturated carbocycles. The Hall–Kier alpha value is -2.29. The highest BCUT2D eigenvalue weighted by Crippen LogP contribution is 2.11. The highest BCUT2D eigenvalue weighted by molar-refractivity contribution is 7.91. The van der Waals surface area contributed by atoms with Crippen molar-refractivity contribution in [2.45, 2.75) is 57.1 Å². The summed E-state index contributed by atoms with van der Waals surface area (Å²) in [4.78, 5) is 16.4. The van der Waals surface area contributed by atoms with Crippen LogP contribution in [0.3, 0.4) is 0 Å². The van der Waals surface area contributed by atoms with Gasteiger partial charge in [0.1, 0.15) is 5.60 Å². The van der Waals surface area contributed by atoms with Crippen LogP contribution in [0.4, 0.5) is 4.79 Å². The third kappa shape index (κ3) is 10.2. The lowest BCUT2D eigenvalue weighted by atomic mass is 10.1. The van der Waals surface area contributed by atoms with Crippen molar-refractivity contribution in [3.8, 4) is 0 Å². The molecule has 8 nitrogen and oxygen atoms in total. The van der Waals surface area contributed by atoms with Gasteiger partial charge in [-0.3, -0.25) is 4.99 Å². The van der Waals surface area contributed by atoms with Crippen LogP contribution in [0.1, 0.15) is 41.0 Å². The van der Waals surface area contributed by atoms with E-state index in [-0.39, 0.29) is 5.75 Å². The van der Waals surface area contributed by atoms with E-state index in [2.05, 4.69) is 20.9 Å². The molecule has 0 heterocycles. The fourth-order valence-electron chi connectivity index (χ4n) is 2.36. The molecule has 0 aliphatic carbocycles. The maximum Gasteiger partial charge on any atom is 0.408 e. The Morgan fingerprint density at radius 3 is 2.24 bits per heavy atom. The van der Waals surface area contributed by atoms with Crippen molar-refractivity contribution in [2.75, 3.05) is 25.9 Å². The second kappa shape index (κ2) is 10.5. The number of hydrogen-bond acceptors (Lipinski definition) is 5. The van der Waals surface area contributed by atoms with Crippen LogP contribution in [0.2, 0.25) is 0 Å². The molecule has 1 aromatic carbocycles. The summed E-state index contributed by atoms with van der Waals surface area (Å²) in [5, 5.41) is 9.03. The number of sulfone groups is 1. The van der Waals surface area contributed by atoms with Gasteiger partial charge in [0.25, 0.3) is 0 Å². The van der Waals surface area contributed by atoms with Gasteiger partial charge in [-0.15, -0.1) is 0 Å². The molecule has 0 atom stereocenters. The Morgan fingerprint density at radius 1 is 1.07 bits per heavy atom. The average molecular weight is 427 g/mol. The molecule has 0 saturated heterocycles. The predicted molar refractivity (Wildman–Crippen MR) is 116 cm³/mol.